The highest BCUT2D eigenvalue weighted by Gasteiger charge is 2.40. The minimum atomic E-state index is -1.53. The Labute approximate surface area is 191 Å². The smallest absolute Gasteiger partial charge is 0.251 e. The number of aryl methyl sites for hydroxylation is 1. The zero-order valence-corrected chi connectivity index (χ0v) is 18.6. The van der Waals surface area contributed by atoms with Crippen LogP contribution in [0, 0.1) is 6.92 Å². The molecule has 1 amide bonds. The van der Waals surface area contributed by atoms with Crippen LogP contribution in [-0.4, -0.2) is 24.0 Å². The number of benzene rings is 2. The van der Waals surface area contributed by atoms with Gasteiger partial charge >= 0.3 is 0 Å². The summed E-state index contributed by atoms with van der Waals surface area (Å²) in [5.41, 5.74) is 2.07. The molecule has 1 atom stereocenters. The molecule has 160 valence electrons. The molecule has 4 rings (SSSR count). The predicted molar refractivity (Wildman–Crippen MR) is 123 cm³/mol. The normalized spacial score (nSPS) is 18.3. The predicted octanol–water partition coefficient (Wildman–Crippen LogP) is 5.70. The van der Waals surface area contributed by atoms with Crippen molar-refractivity contribution in [2.24, 2.45) is 0 Å². The SMILES string of the molecule is Cc1cc(N2CCC(F)(c3cc(Cl)cc(Cl)c3)C2)ccc1C(=O)NCc1ccccn1. The van der Waals surface area contributed by atoms with Gasteiger partial charge in [0.15, 0.2) is 5.67 Å². The fraction of sp³-hybridized carbons (Fsp3) is 0.250. The summed E-state index contributed by atoms with van der Waals surface area (Å²) < 4.78 is 15.7. The first-order valence-electron chi connectivity index (χ1n) is 10.0. The van der Waals surface area contributed by atoms with Gasteiger partial charge in [0.2, 0.25) is 0 Å². The zero-order valence-electron chi connectivity index (χ0n) is 17.0. The number of aromatic nitrogens is 1. The minimum absolute atomic E-state index is 0.162. The van der Waals surface area contributed by atoms with Crippen LogP contribution in [0.15, 0.2) is 60.8 Å². The highest BCUT2D eigenvalue weighted by atomic mass is 35.5. The third-order valence-electron chi connectivity index (χ3n) is 5.58. The number of carbonyl (C=O) groups is 1. The van der Waals surface area contributed by atoms with E-state index in [0.717, 1.165) is 16.9 Å². The van der Waals surface area contributed by atoms with Crippen LogP contribution < -0.4 is 10.2 Å². The van der Waals surface area contributed by atoms with Crippen LogP contribution >= 0.6 is 23.2 Å². The molecule has 31 heavy (non-hydrogen) atoms. The van der Waals surface area contributed by atoms with Gasteiger partial charge in [-0.1, -0.05) is 29.3 Å². The molecule has 1 aromatic heterocycles. The summed E-state index contributed by atoms with van der Waals surface area (Å²) in [7, 11) is 0. The molecule has 1 N–H and O–H groups in total. The quantitative estimate of drug-likeness (QED) is 0.534. The topological polar surface area (TPSA) is 45.2 Å². The lowest BCUT2D eigenvalue weighted by atomic mass is 9.95. The van der Waals surface area contributed by atoms with Crippen LogP contribution in [0.4, 0.5) is 10.1 Å². The molecule has 1 saturated heterocycles. The Bertz CT molecular complexity index is 1090. The lowest BCUT2D eigenvalue weighted by Crippen LogP contribution is -2.27. The van der Waals surface area contributed by atoms with Gasteiger partial charge in [-0.2, -0.15) is 0 Å². The van der Waals surface area contributed by atoms with Gasteiger partial charge in [0.1, 0.15) is 0 Å². The fourth-order valence-corrected chi connectivity index (χ4v) is 4.44. The van der Waals surface area contributed by atoms with E-state index in [1.165, 1.54) is 0 Å². The number of anilines is 1. The first kappa shape index (κ1) is 21.6. The molecule has 1 fully saturated rings. The zero-order chi connectivity index (χ0) is 22.0. The third-order valence-corrected chi connectivity index (χ3v) is 6.01. The number of nitrogens with zero attached hydrogens (tertiary/aromatic N) is 2. The van der Waals surface area contributed by atoms with Gasteiger partial charge < -0.3 is 10.2 Å². The molecule has 1 unspecified atom stereocenters. The van der Waals surface area contributed by atoms with Gasteiger partial charge in [-0.25, -0.2) is 4.39 Å². The summed E-state index contributed by atoms with van der Waals surface area (Å²) in [5.74, 6) is -0.162. The Morgan fingerprint density at radius 2 is 1.94 bits per heavy atom. The second-order valence-corrected chi connectivity index (χ2v) is 8.67. The van der Waals surface area contributed by atoms with Crippen molar-refractivity contribution in [1.29, 1.82) is 0 Å². The van der Waals surface area contributed by atoms with Crippen molar-refractivity contribution >= 4 is 34.8 Å². The molecule has 7 heteroatoms. The third kappa shape index (κ3) is 4.83. The van der Waals surface area contributed by atoms with Crippen molar-refractivity contribution in [3.05, 3.63) is 93.2 Å². The number of amides is 1. The highest BCUT2D eigenvalue weighted by molar-refractivity contribution is 6.34. The number of nitrogens with one attached hydrogen (secondary N) is 1. The van der Waals surface area contributed by atoms with E-state index in [1.54, 1.807) is 30.5 Å². The molecular formula is C24H22Cl2FN3O. The van der Waals surface area contributed by atoms with Crippen molar-refractivity contribution in [2.45, 2.75) is 25.6 Å². The minimum Gasteiger partial charge on any atom is -0.368 e. The largest absolute Gasteiger partial charge is 0.368 e. The maximum absolute atomic E-state index is 15.7. The van der Waals surface area contributed by atoms with Crippen molar-refractivity contribution in [1.82, 2.24) is 10.3 Å². The number of hydrogen-bond acceptors (Lipinski definition) is 3. The molecular weight excluding hydrogens is 436 g/mol. The molecule has 0 spiro atoms. The van der Waals surface area contributed by atoms with Crippen LogP contribution in [0.1, 0.15) is 33.6 Å². The Balaban J connectivity index is 1.46. The molecule has 0 aliphatic carbocycles. The molecule has 1 aliphatic rings. The molecule has 3 aromatic rings. The summed E-state index contributed by atoms with van der Waals surface area (Å²) in [6.07, 6.45) is 2.04. The van der Waals surface area contributed by atoms with E-state index in [0.29, 0.717) is 40.7 Å². The summed E-state index contributed by atoms with van der Waals surface area (Å²) in [6.45, 7) is 3.01. The number of alkyl halides is 1. The standard InChI is InChI=1S/C24H22Cl2FN3O/c1-16-10-21(5-6-22(16)23(31)29-14-20-4-2-3-8-28-20)30-9-7-24(27,15-30)17-11-18(25)13-19(26)12-17/h2-6,8,10-13H,7,9,14-15H2,1H3,(H,29,31). The van der Waals surface area contributed by atoms with Gasteiger partial charge in [-0.15, -0.1) is 0 Å². The van der Waals surface area contributed by atoms with E-state index in [-0.39, 0.29) is 12.5 Å². The van der Waals surface area contributed by atoms with E-state index in [2.05, 4.69) is 10.3 Å². The van der Waals surface area contributed by atoms with Gasteiger partial charge in [-0.05, 0) is 66.6 Å². The van der Waals surface area contributed by atoms with E-state index in [1.807, 2.05) is 42.2 Å². The summed E-state index contributed by atoms with van der Waals surface area (Å²) in [5, 5.41) is 3.74. The van der Waals surface area contributed by atoms with Crippen LogP contribution in [0.5, 0.6) is 0 Å². The average molecular weight is 458 g/mol. The number of carbonyl (C=O) groups excluding carboxylic acids is 1. The fourth-order valence-electron chi connectivity index (χ4n) is 3.91. The lowest BCUT2D eigenvalue weighted by molar-refractivity contribution is 0.0950. The van der Waals surface area contributed by atoms with E-state index in [9.17, 15) is 4.79 Å². The van der Waals surface area contributed by atoms with Gasteiger partial charge in [0.05, 0.1) is 18.8 Å². The number of pyridine rings is 1. The summed E-state index contributed by atoms with van der Waals surface area (Å²) in [4.78, 5) is 18.8. The maximum atomic E-state index is 15.7. The van der Waals surface area contributed by atoms with Crippen LogP contribution in [0.3, 0.4) is 0 Å². The number of hydrogen-bond donors (Lipinski definition) is 1. The lowest BCUT2D eigenvalue weighted by Gasteiger charge is -2.24. The van der Waals surface area contributed by atoms with Crippen LogP contribution in [0.2, 0.25) is 10.0 Å². The first-order valence-corrected chi connectivity index (χ1v) is 10.8. The molecule has 1 aliphatic heterocycles. The Hall–Kier alpha value is -2.63. The molecule has 2 aromatic carbocycles. The van der Waals surface area contributed by atoms with Crippen molar-refractivity contribution < 1.29 is 9.18 Å². The Kier molecular flexibility index (Phi) is 6.17. The van der Waals surface area contributed by atoms with Gasteiger partial charge in [0, 0.05) is 40.5 Å². The molecule has 4 nitrogen and oxygen atoms in total. The van der Waals surface area contributed by atoms with Crippen molar-refractivity contribution in [3.63, 3.8) is 0 Å². The van der Waals surface area contributed by atoms with E-state index < -0.39 is 5.67 Å². The number of halogens is 3. The monoisotopic (exact) mass is 457 g/mol. The van der Waals surface area contributed by atoms with E-state index in [4.69, 9.17) is 23.2 Å². The first-order chi connectivity index (χ1) is 14.8. The molecule has 0 saturated carbocycles. The van der Waals surface area contributed by atoms with E-state index >= 15 is 4.39 Å². The van der Waals surface area contributed by atoms with Crippen LogP contribution in [0.25, 0.3) is 0 Å². The Morgan fingerprint density at radius 1 is 1.16 bits per heavy atom. The summed E-state index contributed by atoms with van der Waals surface area (Å²) >= 11 is 12.1. The van der Waals surface area contributed by atoms with Crippen LogP contribution in [-0.2, 0) is 12.2 Å². The number of rotatable bonds is 5. The maximum Gasteiger partial charge on any atom is 0.251 e. The average Bonchev–Trinajstić information content (AvgIpc) is 3.15. The van der Waals surface area contributed by atoms with Gasteiger partial charge in [0.25, 0.3) is 5.91 Å². The van der Waals surface area contributed by atoms with Crippen molar-refractivity contribution in [3.8, 4) is 0 Å². The molecule has 2 heterocycles. The molecule has 0 radical (unpaired) electrons. The Morgan fingerprint density at radius 3 is 2.61 bits per heavy atom. The molecule has 0 bridgehead atoms. The summed E-state index contributed by atoms with van der Waals surface area (Å²) in [6, 6.07) is 16.0. The second-order valence-electron chi connectivity index (χ2n) is 7.80. The second kappa shape index (κ2) is 8.85. The van der Waals surface area contributed by atoms with Gasteiger partial charge in [-0.3, -0.25) is 9.78 Å². The highest BCUT2D eigenvalue weighted by Crippen LogP contribution is 2.40. The van der Waals surface area contributed by atoms with Crippen molar-refractivity contribution in [2.75, 3.05) is 18.0 Å².